The van der Waals surface area contributed by atoms with Crippen LogP contribution in [0.1, 0.15) is 70.0 Å². The van der Waals surface area contributed by atoms with Gasteiger partial charge in [-0.15, -0.1) is 0 Å². The zero-order chi connectivity index (χ0) is 22.6. The lowest BCUT2D eigenvalue weighted by molar-refractivity contribution is -0.180. The van der Waals surface area contributed by atoms with Crippen molar-refractivity contribution < 1.29 is 17.9 Å². The van der Waals surface area contributed by atoms with E-state index in [1.54, 1.807) is 0 Å². The first kappa shape index (κ1) is 23.3. The lowest BCUT2D eigenvalue weighted by Gasteiger charge is -2.25. The molecule has 3 N–H and O–H groups in total. The van der Waals surface area contributed by atoms with Gasteiger partial charge in [-0.2, -0.15) is 13.2 Å². The van der Waals surface area contributed by atoms with Crippen molar-refractivity contribution in [2.45, 2.75) is 95.0 Å². The number of halogens is 3. The largest absolute Gasteiger partial charge is 0.405 e. The molecule has 2 aliphatic heterocycles. The van der Waals surface area contributed by atoms with Crippen LogP contribution in [0.15, 0.2) is 35.3 Å². The van der Waals surface area contributed by atoms with Gasteiger partial charge in [-0.25, -0.2) is 15.4 Å². The lowest BCUT2D eigenvalue weighted by Crippen LogP contribution is -2.47. The summed E-state index contributed by atoms with van der Waals surface area (Å²) in [5, 5.41) is 8.05. The van der Waals surface area contributed by atoms with Crippen LogP contribution < -0.4 is 16.1 Å². The summed E-state index contributed by atoms with van der Waals surface area (Å²) in [7, 11) is 0. The number of hydrazine groups is 1. The van der Waals surface area contributed by atoms with E-state index in [0.717, 1.165) is 50.5 Å². The van der Waals surface area contributed by atoms with E-state index >= 15 is 0 Å². The molecule has 0 bridgehead atoms. The van der Waals surface area contributed by atoms with Crippen LogP contribution in [0.4, 0.5) is 13.2 Å². The van der Waals surface area contributed by atoms with E-state index in [2.05, 4.69) is 21.1 Å². The quantitative estimate of drug-likeness (QED) is 0.238. The minimum Gasteiger partial charge on any atom is -0.354 e. The monoisotopic (exact) mass is 453 g/mol. The van der Waals surface area contributed by atoms with Crippen molar-refractivity contribution in [3.63, 3.8) is 0 Å². The second-order valence-electron chi connectivity index (χ2n) is 8.97. The highest BCUT2D eigenvalue weighted by Gasteiger charge is 2.49. The van der Waals surface area contributed by atoms with Crippen LogP contribution in [-0.4, -0.2) is 48.2 Å². The third kappa shape index (κ3) is 6.14. The van der Waals surface area contributed by atoms with E-state index in [1.165, 1.54) is 5.01 Å². The van der Waals surface area contributed by atoms with Gasteiger partial charge >= 0.3 is 6.18 Å². The van der Waals surface area contributed by atoms with Gasteiger partial charge in [0.25, 0.3) is 0 Å². The molecule has 6 nitrogen and oxygen atoms in total. The number of alkyl halides is 3. The Morgan fingerprint density at radius 3 is 2.59 bits per heavy atom. The Bertz CT molecular complexity index is 754. The highest BCUT2D eigenvalue weighted by molar-refractivity contribution is 5.81. The zero-order valence-electron chi connectivity index (χ0n) is 18.6. The number of ether oxygens (including phenoxy) is 1. The van der Waals surface area contributed by atoms with Crippen LogP contribution in [-0.2, 0) is 4.74 Å². The predicted octanol–water partition coefficient (Wildman–Crippen LogP) is 4.22. The number of hydrogen-bond donors (Lipinski definition) is 3. The molecule has 2 saturated heterocycles. The van der Waals surface area contributed by atoms with Crippen LogP contribution in [0.2, 0.25) is 0 Å². The number of benzene rings is 1. The molecule has 4 unspecified atom stereocenters. The summed E-state index contributed by atoms with van der Waals surface area (Å²) in [5.41, 5.74) is 4.08. The minimum absolute atomic E-state index is 0.0724. The number of rotatable bonds is 8. The fourth-order valence-corrected chi connectivity index (χ4v) is 4.61. The van der Waals surface area contributed by atoms with Crippen molar-refractivity contribution in [3.8, 4) is 0 Å². The molecule has 1 aromatic rings. The molecule has 32 heavy (non-hydrogen) atoms. The van der Waals surface area contributed by atoms with Gasteiger partial charge in [0.1, 0.15) is 18.3 Å². The molecule has 1 saturated carbocycles. The molecule has 0 amide bonds. The minimum atomic E-state index is -4.28. The molecule has 0 radical (unpaired) electrons. The Hall–Kier alpha value is -1.84. The lowest BCUT2D eigenvalue weighted by atomic mass is 10.1. The molecule has 3 fully saturated rings. The SMILES string of the molecule is CCCCCN1NC(N=C(NC2CCCC2)NC2OC2c2ccccc2)CC1C(F)(F)F. The normalized spacial score (nSPS) is 29.4. The maximum Gasteiger partial charge on any atom is 0.405 e. The zero-order valence-corrected chi connectivity index (χ0v) is 18.6. The van der Waals surface area contributed by atoms with Gasteiger partial charge < -0.3 is 15.4 Å². The molecule has 1 aliphatic carbocycles. The first-order valence-electron chi connectivity index (χ1n) is 11.8. The molecule has 0 aromatic heterocycles. The number of guanidine groups is 1. The number of nitrogens with one attached hydrogen (secondary N) is 3. The van der Waals surface area contributed by atoms with Crippen LogP contribution in [0, 0.1) is 0 Å². The summed E-state index contributed by atoms with van der Waals surface area (Å²) in [4.78, 5) is 4.65. The Balaban J connectivity index is 1.43. The average molecular weight is 454 g/mol. The van der Waals surface area contributed by atoms with Crippen LogP contribution in [0.5, 0.6) is 0 Å². The van der Waals surface area contributed by atoms with E-state index in [1.807, 2.05) is 37.3 Å². The summed E-state index contributed by atoms with van der Waals surface area (Å²) >= 11 is 0. The van der Waals surface area contributed by atoms with Gasteiger partial charge in [0, 0.05) is 19.0 Å². The van der Waals surface area contributed by atoms with Gasteiger partial charge in [0.15, 0.2) is 12.2 Å². The van der Waals surface area contributed by atoms with Crippen molar-refractivity contribution >= 4 is 5.96 Å². The number of hydrogen-bond acceptors (Lipinski definition) is 4. The molecule has 2 heterocycles. The fourth-order valence-electron chi connectivity index (χ4n) is 4.61. The van der Waals surface area contributed by atoms with Crippen molar-refractivity contribution in [2.24, 2.45) is 4.99 Å². The Kier molecular flexibility index (Phi) is 7.58. The number of unbranched alkanes of at least 4 members (excludes halogenated alkanes) is 2. The third-order valence-electron chi connectivity index (χ3n) is 6.40. The molecule has 4 atom stereocenters. The van der Waals surface area contributed by atoms with Crippen LogP contribution in [0.3, 0.4) is 0 Å². The average Bonchev–Trinajstić information content (AvgIpc) is 3.12. The molecule has 4 rings (SSSR count). The number of aliphatic imine (C=N–C) groups is 1. The fraction of sp³-hybridized carbons (Fsp3) is 0.696. The van der Waals surface area contributed by atoms with Gasteiger partial charge in [0.2, 0.25) is 0 Å². The molecular formula is C23H34F3N5O. The Morgan fingerprint density at radius 2 is 1.91 bits per heavy atom. The summed E-state index contributed by atoms with van der Waals surface area (Å²) in [5.74, 6) is 0.522. The van der Waals surface area contributed by atoms with Crippen LogP contribution in [0.25, 0.3) is 0 Å². The van der Waals surface area contributed by atoms with Gasteiger partial charge in [-0.05, 0) is 24.8 Å². The second kappa shape index (κ2) is 10.4. The van der Waals surface area contributed by atoms with E-state index in [4.69, 9.17) is 4.74 Å². The third-order valence-corrected chi connectivity index (χ3v) is 6.40. The molecule has 178 valence electrons. The van der Waals surface area contributed by atoms with Gasteiger partial charge in [-0.3, -0.25) is 0 Å². The van der Waals surface area contributed by atoms with Crippen molar-refractivity contribution in [2.75, 3.05) is 6.54 Å². The maximum atomic E-state index is 13.6. The predicted molar refractivity (Wildman–Crippen MR) is 118 cm³/mol. The number of epoxide rings is 1. The first-order chi connectivity index (χ1) is 15.4. The van der Waals surface area contributed by atoms with Crippen molar-refractivity contribution in [3.05, 3.63) is 35.9 Å². The van der Waals surface area contributed by atoms with E-state index < -0.39 is 18.4 Å². The molecule has 0 spiro atoms. The highest BCUT2D eigenvalue weighted by atomic mass is 19.4. The summed E-state index contributed by atoms with van der Waals surface area (Å²) in [6.07, 6.45) is 1.68. The van der Waals surface area contributed by atoms with E-state index in [9.17, 15) is 13.2 Å². The summed E-state index contributed by atoms with van der Waals surface area (Å²) in [6, 6.07) is 8.67. The summed E-state index contributed by atoms with van der Waals surface area (Å²) < 4.78 is 46.7. The number of nitrogens with zero attached hydrogens (tertiary/aromatic N) is 2. The van der Waals surface area contributed by atoms with E-state index in [0.29, 0.717) is 12.5 Å². The van der Waals surface area contributed by atoms with Gasteiger partial charge in [-0.1, -0.05) is 62.9 Å². The summed E-state index contributed by atoms with van der Waals surface area (Å²) in [6.45, 7) is 2.41. The maximum absolute atomic E-state index is 13.6. The Labute approximate surface area is 188 Å². The highest BCUT2D eigenvalue weighted by Crippen LogP contribution is 2.37. The van der Waals surface area contributed by atoms with Gasteiger partial charge in [0.05, 0.1) is 0 Å². The first-order valence-corrected chi connectivity index (χ1v) is 11.8. The second-order valence-corrected chi connectivity index (χ2v) is 8.97. The smallest absolute Gasteiger partial charge is 0.354 e. The van der Waals surface area contributed by atoms with Crippen LogP contribution >= 0.6 is 0 Å². The topological polar surface area (TPSA) is 64.2 Å². The molecular weight excluding hydrogens is 419 g/mol. The molecule has 3 aliphatic rings. The van der Waals surface area contributed by atoms with E-state index in [-0.39, 0.29) is 24.8 Å². The Morgan fingerprint density at radius 1 is 1.16 bits per heavy atom. The van der Waals surface area contributed by atoms with Crippen molar-refractivity contribution in [1.29, 1.82) is 0 Å². The molecule has 1 aromatic carbocycles. The van der Waals surface area contributed by atoms with Crippen molar-refractivity contribution in [1.82, 2.24) is 21.1 Å². The molecule has 9 heteroatoms. The standard InChI is InChI=1S/C23H34F3N5O/c1-2-3-9-14-31-18(23(24,25)26)15-19(30-31)28-22(27-17-12-7-8-13-17)29-21-20(32-21)16-10-5-4-6-11-16/h4-6,10-11,17-21,30H,2-3,7-9,12-15H2,1H3,(H2,27,28,29).